The van der Waals surface area contributed by atoms with Gasteiger partial charge in [-0.15, -0.1) is 0 Å². The van der Waals surface area contributed by atoms with Crippen molar-refractivity contribution in [1.82, 2.24) is 5.32 Å². The summed E-state index contributed by atoms with van der Waals surface area (Å²) in [7, 11) is 0. The number of halogens is 1. The van der Waals surface area contributed by atoms with Crippen LogP contribution in [0, 0.1) is 5.82 Å². The number of hydrogen-bond donors (Lipinski definition) is 2. The molecule has 1 aromatic rings. The van der Waals surface area contributed by atoms with Gasteiger partial charge in [0.1, 0.15) is 5.82 Å². The summed E-state index contributed by atoms with van der Waals surface area (Å²) in [4.78, 5) is 11.6. The maximum Gasteiger partial charge on any atom is 0.225 e. The van der Waals surface area contributed by atoms with Crippen LogP contribution < -0.4 is 10.6 Å². The van der Waals surface area contributed by atoms with E-state index < -0.39 is 0 Å². The molecular weight excluding hydrogens is 231 g/mol. The minimum atomic E-state index is -0.336. The molecule has 0 unspecified atom stereocenters. The van der Waals surface area contributed by atoms with Gasteiger partial charge in [0.2, 0.25) is 5.91 Å². The first-order valence-electron chi connectivity index (χ1n) is 6.53. The van der Waals surface area contributed by atoms with Gasteiger partial charge in [0.15, 0.2) is 0 Å². The molecule has 1 fully saturated rings. The van der Waals surface area contributed by atoms with E-state index in [0.29, 0.717) is 24.7 Å². The van der Waals surface area contributed by atoms with Crippen molar-refractivity contribution in [1.29, 1.82) is 0 Å². The third kappa shape index (κ3) is 4.11. The van der Waals surface area contributed by atoms with Crippen LogP contribution in [0.3, 0.4) is 0 Å². The molecule has 4 heteroatoms. The largest absolute Gasteiger partial charge is 0.326 e. The van der Waals surface area contributed by atoms with Gasteiger partial charge >= 0.3 is 0 Å². The van der Waals surface area contributed by atoms with Gasteiger partial charge in [-0.1, -0.05) is 18.9 Å². The van der Waals surface area contributed by atoms with Crippen molar-refractivity contribution in [3.05, 3.63) is 30.1 Å². The summed E-state index contributed by atoms with van der Waals surface area (Å²) in [6.45, 7) is 0.686. The Bertz CT molecular complexity index is 403. The molecule has 1 aromatic carbocycles. The molecule has 1 saturated carbocycles. The van der Waals surface area contributed by atoms with Crippen LogP contribution in [0.15, 0.2) is 24.3 Å². The quantitative estimate of drug-likeness (QED) is 0.843. The molecule has 1 aliphatic carbocycles. The van der Waals surface area contributed by atoms with Crippen molar-refractivity contribution in [2.24, 2.45) is 0 Å². The molecule has 0 radical (unpaired) electrons. The van der Waals surface area contributed by atoms with E-state index in [0.717, 1.165) is 0 Å². The van der Waals surface area contributed by atoms with Gasteiger partial charge < -0.3 is 10.6 Å². The van der Waals surface area contributed by atoms with E-state index in [1.807, 2.05) is 0 Å². The normalized spacial score (nSPS) is 15.8. The highest BCUT2D eigenvalue weighted by atomic mass is 19.1. The molecule has 0 aromatic heterocycles. The van der Waals surface area contributed by atoms with Crippen molar-refractivity contribution in [2.45, 2.75) is 38.1 Å². The Labute approximate surface area is 107 Å². The van der Waals surface area contributed by atoms with Crippen LogP contribution in [0.4, 0.5) is 10.1 Å². The molecular formula is C14H19FN2O. The van der Waals surface area contributed by atoms with Gasteiger partial charge in [0.05, 0.1) is 0 Å². The van der Waals surface area contributed by atoms with Crippen LogP contribution >= 0.6 is 0 Å². The highest BCUT2D eigenvalue weighted by molar-refractivity contribution is 5.90. The van der Waals surface area contributed by atoms with E-state index in [1.165, 1.54) is 37.8 Å². The Morgan fingerprint density at radius 3 is 2.83 bits per heavy atom. The molecule has 0 spiro atoms. The van der Waals surface area contributed by atoms with Crippen molar-refractivity contribution >= 4 is 11.6 Å². The van der Waals surface area contributed by atoms with Crippen LogP contribution in [0.1, 0.15) is 32.1 Å². The first kappa shape index (κ1) is 13.0. The van der Waals surface area contributed by atoms with Crippen LogP contribution in [0.2, 0.25) is 0 Å². The number of amides is 1. The Morgan fingerprint density at radius 2 is 2.11 bits per heavy atom. The number of benzene rings is 1. The Balaban J connectivity index is 1.68. The summed E-state index contributed by atoms with van der Waals surface area (Å²) in [5, 5.41) is 6.06. The second kappa shape index (κ2) is 6.50. The standard InChI is InChI=1S/C14H19FN2O/c15-11-4-3-7-13(10-11)17-14(18)8-9-16-12-5-1-2-6-12/h3-4,7,10,12,16H,1-2,5-6,8-9H2,(H,17,18). The van der Waals surface area contributed by atoms with Crippen molar-refractivity contribution in [3.63, 3.8) is 0 Å². The molecule has 3 nitrogen and oxygen atoms in total. The lowest BCUT2D eigenvalue weighted by atomic mass is 10.2. The van der Waals surface area contributed by atoms with E-state index in [1.54, 1.807) is 12.1 Å². The van der Waals surface area contributed by atoms with Gasteiger partial charge in [0, 0.05) is 24.7 Å². The van der Waals surface area contributed by atoms with E-state index >= 15 is 0 Å². The Kier molecular flexibility index (Phi) is 4.70. The molecule has 18 heavy (non-hydrogen) atoms. The minimum Gasteiger partial charge on any atom is -0.326 e. The second-order valence-corrected chi connectivity index (χ2v) is 4.74. The summed E-state index contributed by atoms with van der Waals surface area (Å²) in [6.07, 6.45) is 5.42. The fourth-order valence-electron chi connectivity index (χ4n) is 2.31. The maximum atomic E-state index is 12.9. The number of carbonyl (C=O) groups is 1. The minimum absolute atomic E-state index is 0.0777. The summed E-state index contributed by atoms with van der Waals surface area (Å²) < 4.78 is 12.9. The van der Waals surface area contributed by atoms with Crippen LogP contribution in [-0.4, -0.2) is 18.5 Å². The third-order valence-corrected chi connectivity index (χ3v) is 3.25. The molecule has 0 saturated heterocycles. The zero-order valence-corrected chi connectivity index (χ0v) is 10.4. The van der Waals surface area contributed by atoms with Crippen molar-refractivity contribution in [2.75, 3.05) is 11.9 Å². The number of anilines is 1. The molecule has 1 aliphatic rings. The summed E-state index contributed by atoms with van der Waals surface area (Å²) in [5.74, 6) is -0.414. The molecule has 0 heterocycles. The zero-order valence-electron chi connectivity index (χ0n) is 10.4. The number of carbonyl (C=O) groups excluding carboxylic acids is 1. The highest BCUT2D eigenvalue weighted by Crippen LogP contribution is 2.17. The number of rotatable bonds is 5. The van der Waals surface area contributed by atoms with Gasteiger partial charge in [-0.2, -0.15) is 0 Å². The summed E-state index contributed by atoms with van der Waals surface area (Å²) in [6, 6.07) is 6.53. The lowest BCUT2D eigenvalue weighted by Gasteiger charge is -2.11. The molecule has 2 N–H and O–H groups in total. The molecule has 98 valence electrons. The van der Waals surface area contributed by atoms with Gasteiger partial charge in [-0.05, 0) is 31.0 Å². The fraction of sp³-hybridized carbons (Fsp3) is 0.500. The summed E-state index contributed by atoms with van der Waals surface area (Å²) in [5.41, 5.74) is 0.515. The lowest BCUT2D eigenvalue weighted by molar-refractivity contribution is -0.116. The van der Waals surface area contributed by atoms with E-state index in [-0.39, 0.29) is 11.7 Å². The molecule has 2 rings (SSSR count). The van der Waals surface area contributed by atoms with E-state index in [9.17, 15) is 9.18 Å². The monoisotopic (exact) mass is 250 g/mol. The first-order valence-corrected chi connectivity index (χ1v) is 6.53. The predicted molar refractivity (Wildman–Crippen MR) is 69.9 cm³/mol. The average molecular weight is 250 g/mol. The van der Waals surface area contributed by atoms with Gasteiger partial charge in [-0.25, -0.2) is 4.39 Å². The summed E-state index contributed by atoms with van der Waals surface area (Å²) >= 11 is 0. The van der Waals surface area contributed by atoms with Gasteiger partial charge in [-0.3, -0.25) is 4.79 Å². The number of nitrogens with one attached hydrogen (secondary N) is 2. The van der Waals surface area contributed by atoms with Crippen LogP contribution in [-0.2, 0) is 4.79 Å². The maximum absolute atomic E-state index is 12.9. The molecule has 0 bridgehead atoms. The molecule has 0 atom stereocenters. The van der Waals surface area contributed by atoms with E-state index in [4.69, 9.17) is 0 Å². The van der Waals surface area contributed by atoms with Gasteiger partial charge in [0.25, 0.3) is 0 Å². The average Bonchev–Trinajstić information content (AvgIpc) is 2.82. The zero-order chi connectivity index (χ0) is 12.8. The van der Waals surface area contributed by atoms with Crippen molar-refractivity contribution < 1.29 is 9.18 Å². The Hall–Kier alpha value is -1.42. The third-order valence-electron chi connectivity index (χ3n) is 3.25. The smallest absolute Gasteiger partial charge is 0.225 e. The second-order valence-electron chi connectivity index (χ2n) is 4.74. The van der Waals surface area contributed by atoms with Crippen LogP contribution in [0.5, 0.6) is 0 Å². The fourth-order valence-corrected chi connectivity index (χ4v) is 2.31. The Morgan fingerprint density at radius 1 is 1.33 bits per heavy atom. The van der Waals surface area contributed by atoms with E-state index in [2.05, 4.69) is 10.6 Å². The number of hydrogen-bond acceptors (Lipinski definition) is 2. The predicted octanol–water partition coefficient (Wildman–Crippen LogP) is 2.69. The molecule has 0 aliphatic heterocycles. The van der Waals surface area contributed by atoms with Crippen LogP contribution in [0.25, 0.3) is 0 Å². The lowest BCUT2D eigenvalue weighted by Crippen LogP contribution is -2.29. The topological polar surface area (TPSA) is 41.1 Å². The molecule has 1 amide bonds. The van der Waals surface area contributed by atoms with Crippen molar-refractivity contribution in [3.8, 4) is 0 Å². The highest BCUT2D eigenvalue weighted by Gasteiger charge is 2.14. The first-order chi connectivity index (χ1) is 8.74. The SMILES string of the molecule is O=C(CCNC1CCCC1)Nc1cccc(F)c1.